The summed E-state index contributed by atoms with van der Waals surface area (Å²) in [6, 6.07) is 5.25. The summed E-state index contributed by atoms with van der Waals surface area (Å²) in [5.41, 5.74) is 7.13. The standard InChI is InChI=1S/C10H15ClN2O/c1-2-8(14)6-13-10-4-3-7(11)5-9(10)12/h3-5,8,13-14H,2,6,12H2,1H3. The van der Waals surface area contributed by atoms with Gasteiger partial charge in [0.2, 0.25) is 0 Å². The summed E-state index contributed by atoms with van der Waals surface area (Å²) >= 11 is 5.75. The number of nitrogens with two attached hydrogens (primary N) is 1. The van der Waals surface area contributed by atoms with Crippen molar-refractivity contribution in [3.05, 3.63) is 23.2 Å². The van der Waals surface area contributed by atoms with Crippen LogP contribution in [0, 0.1) is 0 Å². The SMILES string of the molecule is CCC(O)CNc1ccc(Cl)cc1N. The van der Waals surface area contributed by atoms with Crippen LogP contribution >= 0.6 is 11.6 Å². The first-order chi connectivity index (χ1) is 6.63. The molecule has 0 radical (unpaired) electrons. The molecule has 0 aliphatic carbocycles. The van der Waals surface area contributed by atoms with Gasteiger partial charge in [-0.15, -0.1) is 0 Å². The number of hydrogen-bond donors (Lipinski definition) is 3. The van der Waals surface area contributed by atoms with E-state index in [0.29, 0.717) is 17.3 Å². The van der Waals surface area contributed by atoms with E-state index in [1.165, 1.54) is 0 Å². The van der Waals surface area contributed by atoms with Gasteiger partial charge >= 0.3 is 0 Å². The lowest BCUT2D eigenvalue weighted by molar-refractivity contribution is 0.183. The summed E-state index contributed by atoms with van der Waals surface area (Å²) in [6.07, 6.45) is 0.380. The third kappa shape index (κ3) is 3.09. The predicted molar refractivity (Wildman–Crippen MR) is 60.7 cm³/mol. The molecule has 0 bridgehead atoms. The van der Waals surface area contributed by atoms with Crippen molar-refractivity contribution < 1.29 is 5.11 Å². The van der Waals surface area contributed by atoms with Gasteiger partial charge in [-0.3, -0.25) is 0 Å². The molecule has 0 aliphatic rings. The van der Waals surface area contributed by atoms with Crippen LogP contribution in [0.1, 0.15) is 13.3 Å². The Balaban J connectivity index is 2.59. The van der Waals surface area contributed by atoms with Gasteiger partial charge in [0.25, 0.3) is 0 Å². The van der Waals surface area contributed by atoms with Crippen molar-refractivity contribution in [1.82, 2.24) is 0 Å². The number of hydrogen-bond acceptors (Lipinski definition) is 3. The second-order valence-corrected chi connectivity index (χ2v) is 3.61. The van der Waals surface area contributed by atoms with Gasteiger partial charge in [-0.25, -0.2) is 0 Å². The van der Waals surface area contributed by atoms with Crippen molar-refractivity contribution in [2.45, 2.75) is 19.4 Å². The molecule has 4 heteroatoms. The maximum atomic E-state index is 9.34. The minimum absolute atomic E-state index is 0.343. The Labute approximate surface area is 88.9 Å². The number of aliphatic hydroxyl groups excluding tert-OH is 1. The molecule has 0 amide bonds. The molecule has 4 N–H and O–H groups in total. The van der Waals surface area contributed by atoms with Crippen LogP contribution in [0.4, 0.5) is 11.4 Å². The first-order valence-electron chi connectivity index (χ1n) is 4.60. The van der Waals surface area contributed by atoms with Crippen LogP contribution in [0.3, 0.4) is 0 Å². The molecule has 3 nitrogen and oxygen atoms in total. The van der Waals surface area contributed by atoms with Crippen LogP contribution in [0.25, 0.3) is 0 Å². The fourth-order valence-electron chi connectivity index (χ4n) is 1.07. The fourth-order valence-corrected chi connectivity index (χ4v) is 1.25. The van der Waals surface area contributed by atoms with Gasteiger partial charge in [-0.2, -0.15) is 0 Å². The molecule has 1 atom stereocenters. The van der Waals surface area contributed by atoms with E-state index in [9.17, 15) is 5.11 Å². The highest BCUT2D eigenvalue weighted by Gasteiger charge is 2.02. The Kier molecular flexibility index (Phi) is 4.04. The van der Waals surface area contributed by atoms with Gasteiger partial charge in [0.05, 0.1) is 17.5 Å². The monoisotopic (exact) mass is 214 g/mol. The van der Waals surface area contributed by atoms with Gasteiger partial charge in [0.15, 0.2) is 0 Å². The average molecular weight is 215 g/mol. The van der Waals surface area contributed by atoms with Crippen molar-refractivity contribution in [3.63, 3.8) is 0 Å². The van der Waals surface area contributed by atoms with Crippen LogP contribution in [0.5, 0.6) is 0 Å². The Bertz CT molecular complexity index is 304. The Morgan fingerprint density at radius 1 is 1.57 bits per heavy atom. The minimum atomic E-state index is -0.343. The van der Waals surface area contributed by atoms with Crippen molar-refractivity contribution in [2.75, 3.05) is 17.6 Å². The summed E-state index contributed by atoms with van der Waals surface area (Å²) in [5, 5.41) is 13.0. The van der Waals surface area contributed by atoms with Crippen molar-refractivity contribution >= 4 is 23.0 Å². The highest BCUT2D eigenvalue weighted by Crippen LogP contribution is 2.22. The van der Waals surface area contributed by atoms with Crippen LogP contribution in [0.15, 0.2) is 18.2 Å². The van der Waals surface area contributed by atoms with Crippen molar-refractivity contribution in [1.29, 1.82) is 0 Å². The Morgan fingerprint density at radius 2 is 2.29 bits per heavy atom. The first-order valence-corrected chi connectivity index (χ1v) is 4.98. The number of nitrogen functional groups attached to an aromatic ring is 1. The van der Waals surface area contributed by atoms with E-state index < -0.39 is 0 Å². The number of aliphatic hydroxyl groups is 1. The average Bonchev–Trinajstić information content (AvgIpc) is 2.16. The quantitative estimate of drug-likeness (QED) is 0.673. The van der Waals surface area contributed by atoms with E-state index in [0.717, 1.165) is 12.1 Å². The van der Waals surface area contributed by atoms with Gasteiger partial charge < -0.3 is 16.2 Å². The lowest BCUT2D eigenvalue weighted by Gasteiger charge is -2.12. The Hall–Kier alpha value is -0.930. The molecule has 1 aromatic carbocycles. The molecule has 1 unspecified atom stereocenters. The summed E-state index contributed by atoms with van der Waals surface area (Å²) in [6.45, 7) is 2.43. The maximum absolute atomic E-state index is 9.34. The van der Waals surface area contributed by atoms with E-state index in [2.05, 4.69) is 5.32 Å². The molecule has 78 valence electrons. The topological polar surface area (TPSA) is 58.3 Å². The summed E-state index contributed by atoms with van der Waals surface area (Å²) in [4.78, 5) is 0. The minimum Gasteiger partial charge on any atom is -0.397 e. The second kappa shape index (κ2) is 5.08. The molecule has 0 saturated carbocycles. The van der Waals surface area contributed by atoms with Crippen LogP contribution in [0.2, 0.25) is 5.02 Å². The third-order valence-electron chi connectivity index (χ3n) is 2.01. The van der Waals surface area contributed by atoms with E-state index in [1.54, 1.807) is 18.2 Å². The zero-order valence-electron chi connectivity index (χ0n) is 8.13. The molecular formula is C10H15ClN2O. The molecule has 1 aromatic rings. The zero-order valence-corrected chi connectivity index (χ0v) is 8.88. The highest BCUT2D eigenvalue weighted by atomic mass is 35.5. The van der Waals surface area contributed by atoms with Crippen molar-refractivity contribution in [2.24, 2.45) is 0 Å². The van der Waals surface area contributed by atoms with E-state index in [1.807, 2.05) is 6.92 Å². The number of anilines is 2. The zero-order chi connectivity index (χ0) is 10.6. The van der Waals surface area contributed by atoms with Gasteiger partial charge in [0.1, 0.15) is 0 Å². The van der Waals surface area contributed by atoms with E-state index >= 15 is 0 Å². The molecule has 0 aliphatic heterocycles. The highest BCUT2D eigenvalue weighted by molar-refractivity contribution is 6.31. The molecule has 1 rings (SSSR count). The van der Waals surface area contributed by atoms with Gasteiger partial charge in [-0.05, 0) is 24.6 Å². The molecule has 14 heavy (non-hydrogen) atoms. The van der Waals surface area contributed by atoms with Crippen LogP contribution in [-0.2, 0) is 0 Å². The van der Waals surface area contributed by atoms with Crippen molar-refractivity contribution in [3.8, 4) is 0 Å². The normalized spacial score (nSPS) is 12.5. The molecule has 0 fully saturated rings. The van der Waals surface area contributed by atoms with E-state index in [-0.39, 0.29) is 6.10 Å². The second-order valence-electron chi connectivity index (χ2n) is 3.17. The maximum Gasteiger partial charge on any atom is 0.0709 e. The molecule has 0 heterocycles. The molecular weight excluding hydrogens is 200 g/mol. The summed E-state index contributed by atoms with van der Waals surface area (Å²) < 4.78 is 0. The number of rotatable bonds is 4. The lowest BCUT2D eigenvalue weighted by Crippen LogP contribution is -2.18. The number of halogens is 1. The predicted octanol–water partition coefficient (Wildman–Crippen LogP) is 2.10. The number of nitrogens with one attached hydrogen (secondary N) is 1. The Morgan fingerprint density at radius 3 is 2.86 bits per heavy atom. The largest absolute Gasteiger partial charge is 0.397 e. The van der Waals surface area contributed by atoms with Gasteiger partial charge in [-0.1, -0.05) is 18.5 Å². The summed E-state index contributed by atoms with van der Waals surface area (Å²) in [5.74, 6) is 0. The number of benzene rings is 1. The fraction of sp³-hybridized carbons (Fsp3) is 0.400. The van der Waals surface area contributed by atoms with Crippen LogP contribution < -0.4 is 11.1 Å². The first kappa shape index (κ1) is 11.1. The third-order valence-corrected chi connectivity index (χ3v) is 2.25. The molecule has 0 aromatic heterocycles. The van der Waals surface area contributed by atoms with Gasteiger partial charge in [0, 0.05) is 11.6 Å². The van der Waals surface area contributed by atoms with Crippen LogP contribution in [-0.4, -0.2) is 17.8 Å². The molecule has 0 spiro atoms. The van der Waals surface area contributed by atoms with E-state index in [4.69, 9.17) is 17.3 Å². The smallest absolute Gasteiger partial charge is 0.0709 e. The lowest BCUT2D eigenvalue weighted by atomic mass is 10.2. The molecule has 0 saturated heterocycles. The summed E-state index contributed by atoms with van der Waals surface area (Å²) in [7, 11) is 0.